The Morgan fingerprint density at radius 1 is 1.27 bits per heavy atom. The Bertz CT molecular complexity index is 987. The molecule has 1 aromatic heterocycles. The number of phenols is 1. The van der Waals surface area contributed by atoms with Gasteiger partial charge in [-0.25, -0.2) is 0 Å². The minimum Gasteiger partial charge on any atom is -0.507 e. The number of nitrogens with zero attached hydrogens (tertiary/aromatic N) is 4. The largest absolute Gasteiger partial charge is 0.507 e. The van der Waals surface area contributed by atoms with Crippen molar-refractivity contribution in [2.24, 2.45) is 0 Å². The highest BCUT2D eigenvalue weighted by Crippen LogP contribution is 2.36. The summed E-state index contributed by atoms with van der Waals surface area (Å²) in [6.45, 7) is 2.40. The third kappa shape index (κ3) is 3.29. The van der Waals surface area contributed by atoms with E-state index in [9.17, 15) is 20.0 Å². The van der Waals surface area contributed by atoms with Crippen molar-refractivity contribution in [3.8, 4) is 17.1 Å². The third-order valence-electron chi connectivity index (χ3n) is 3.70. The number of carbonyl (C=O) groups is 1. The fraction of sp³-hybridized carbons (Fsp3) is 0.118. The first-order valence-electron chi connectivity index (χ1n) is 7.68. The summed E-state index contributed by atoms with van der Waals surface area (Å²) in [5.41, 5.74) is 0.585. The van der Waals surface area contributed by atoms with E-state index in [0.717, 1.165) is 11.8 Å². The molecular weight excluding hydrogens is 356 g/mol. The lowest BCUT2D eigenvalue weighted by atomic mass is 10.2. The second kappa shape index (κ2) is 7.36. The monoisotopic (exact) mass is 370 g/mol. The van der Waals surface area contributed by atoms with Crippen molar-refractivity contribution in [3.63, 3.8) is 0 Å². The van der Waals surface area contributed by atoms with Crippen LogP contribution in [0, 0.1) is 10.1 Å². The molecule has 0 aliphatic carbocycles. The zero-order chi connectivity index (χ0) is 18.7. The lowest BCUT2D eigenvalue weighted by Crippen LogP contribution is -2.00. The Morgan fingerprint density at radius 3 is 2.69 bits per heavy atom. The van der Waals surface area contributed by atoms with Gasteiger partial charge < -0.3 is 9.67 Å². The van der Waals surface area contributed by atoms with Crippen LogP contribution in [0.4, 0.5) is 5.69 Å². The summed E-state index contributed by atoms with van der Waals surface area (Å²) in [5.74, 6) is 0.549. The molecule has 0 aliphatic rings. The van der Waals surface area contributed by atoms with E-state index in [1.807, 2.05) is 6.92 Å². The number of para-hydroxylation sites is 1. The molecule has 0 saturated carbocycles. The van der Waals surface area contributed by atoms with Gasteiger partial charge in [0.2, 0.25) is 0 Å². The minimum atomic E-state index is -0.536. The molecule has 0 fully saturated rings. The van der Waals surface area contributed by atoms with E-state index >= 15 is 0 Å². The Morgan fingerprint density at radius 2 is 2.04 bits per heavy atom. The number of aldehydes is 1. The maximum Gasteiger partial charge on any atom is 0.284 e. The Kier molecular flexibility index (Phi) is 4.99. The van der Waals surface area contributed by atoms with Gasteiger partial charge in [0.25, 0.3) is 5.69 Å². The Hall–Kier alpha value is -3.20. The molecule has 0 unspecified atom stereocenters. The number of rotatable bonds is 6. The minimum absolute atomic E-state index is 0.0764. The molecule has 9 heteroatoms. The molecule has 0 spiro atoms. The van der Waals surface area contributed by atoms with E-state index in [-0.39, 0.29) is 17.0 Å². The number of hydrogen-bond acceptors (Lipinski definition) is 7. The summed E-state index contributed by atoms with van der Waals surface area (Å²) in [7, 11) is 0. The van der Waals surface area contributed by atoms with Gasteiger partial charge >= 0.3 is 0 Å². The number of nitro benzene ring substituents is 1. The van der Waals surface area contributed by atoms with Crippen LogP contribution in [0.25, 0.3) is 11.4 Å². The highest BCUT2D eigenvalue weighted by molar-refractivity contribution is 7.99. The molecular formula is C17H14N4O4S. The summed E-state index contributed by atoms with van der Waals surface area (Å²) < 4.78 is 1.76. The summed E-state index contributed by atoms with van der Waals surface area (Å²) in [4.78, 5) is 22.0. The molecule has 26 heavy (non-hydrogen) atoms. The van der Waals surface area contributed by atoms with Crippen LogP contribution in [-0.4, -0.2) is 31.1 Å². The van der Waals surface area contributed by atoms with Crippen molar-refractivity contribution in [2.75, 3.05) is 0 Å². The van der Waals surface area contributed by atoms with Gasteiger partial charge in [0.15, 0.2) is 11.0 Å². The summed E-state index contributed by atoms with van der Waals surface area (Å²) in [5, 5.41) is 30.0. The van der Waals surface area contributed by atoms with Crippen LogP contribution in [0.3, 0.4) is 0 Å². The predicted molar refractivity (Wildman–Crippen MR) is 95.4 cm³/mol. The third-order valence-corrected chi connectivity index (χ3v) is 4.74. The first-order chi connectivity index (χ1) is 12.5. The van der Waals surface area contributed by atoms with E-state index in [4.69, 9.17) is 0 Å². The molecule has 1 heterocycles. The molecule has 132 valence electrons. The van der Waals surface area contributed by atoms with Crippen LogP contribution in [0.1, 0.15) is 17.3 Å². The van der Waals surface area contributed by atoms with Crippen LogP contribution in [0.15, 0.2) is 52.5 Å². The topological polar surface area (TPSA) is 111 Å². The van der Waals surface area contributed by atoms with Gasteiger partial charge in [-0.1, -0.05) is 18.2 Å². The molecule has 0 aliphatic heterocycles. The van der Waals surface area contributed by atoms with Crippen LogP contribution < -0.4 is 0 Å². The van der Waals surface area contributed by atoms with Gasteiger partial charge in [-0.15, -0.1) is 10.2 Å². The molecule has 0 saturated heterocycles. The van der Waals surface area contributed by atoms with E-state index in [1.54, 1.807) is 28.8 Å². The smallest absolute Gasteiger partial charge is 0.284 e. The summed E-state index contributed by atoms with van der Waals surface area (Å²) in [6.07, 6.45) is 0.562. The average molecular weight is 370 g/mol. The quantitative estimate of drug-likeness (QED) is 0.401. The van der Waals surface area contributed by atoms with Gasteiger partial charge in [-0.3, -0.25) is 14.9 Å². The molecule has 8 nitrogen and oxygen atoms in total. The van der Waals surface area contributed by atoms with Crippen molar-refractivity contribution in [1.82, 2.24) is 14.8 Å². The number of aromatic nitrogens is 3. The molecule has 0 bridgehead atoms. The van der Waals surface area contributed by atoms with Crippen LogP contribution in [0.5, 0.6) is 5.75 Å². The number of carbonyl (C=O) groups excluding carboxylic acids is 1. The summed E-state index contributed by atoms with van der Waals surface area (Å²) in [6, 6.07) is 11.0. The van der Waals surface area contributed by atoms with E-state index in [2.05, 4.69) is 10.2 Å². The zero-order valence-electron chi connectivity index (χ0n) is 13.7. The molecule has 2 aromatic carbocycles. The van der Waals surface area contributed by atoms with Crippen molar-refractivity contribution < 1.29 is 14.8 Å². The van der Waals surface area contributed by atoms with E-state index < -0.39 is 4.92 Å². The first-order valence-corrected chi connectivity index (χ1v) is 8.49. The van der Waals surface area contributed by atoms with Crippen molar-refractivity contribution in [2.45, 2.75) is 23.5 Å². The molecule has 3 aromatic rings. The average Bonchev–Trinajstić information content (AvgIpc) is 3.04. The number of nitro groups is 1. The molecule has 0 atom stereocenters. The number of phenolic OH excluding ortho intramolecular Hbond substituents is 1. The highest BCUT2D eigenvalue weighted by Gasteiger charge is 2.21. The predicted octanol–water partition coefficient (Wildman–Crippen LogP) is 3.54. The maximum absolute atomic E-state index is 11.3. The number of benzene rings is 2. The lowest BCUT2D eigenvalue weighted by Gasteiger charge is -2.08. The molecule has 1 N–H and O–H groups in total. The van der Waals surface area contributed by atoms with Crippen LogP contribution >= 0.6 is 11.8 Å². The normalized spacial score (nSPS) is 10.7. The molecule has 3 rings (SSSR count). The van der Waals surface area contributed by atoms with E-state index in [1.165, 1.54) is 18.2 Å². The number of hydrogen-bond donors (Lipinski definition) is 1. The highest BCUT2D eigenvalue weighted by atomic mass is 32.2. The Labute approximate surface area is 152 Å². The SMILES string of the molecule is CCn1c(Sc2ccc(C=O)cc2[N+](=O)[O-])nnc1-c1ccccc1O. The van der Waals surface area contributed by atoms with Gasteiger partial charge in [-0.2, -0.15) is 0 Å². The lowest BCUT2D eigenvalue weighted by molar-refractivity contribution is -0.387. The fourth-order valence-corrected chi connectivity index (χ4v) is 3.42. The second-order valence-electron chi connectivity index (χ2n) is 5.27. The first kappa shape index (κ1) is 17.6. The van der Waals surface area contributed by atoms with Crippen LogP contribution in [0.2, 0.25) is 0 Å². The van der Waals surface area contributed by atoms with Crippen molar-refractivity contribution >= 4 is 23.7 Å². The van der Waals surface area contributed by atoms with Crippen LogP contribution in [-0.2, 0) is 6.54 Å². The Balaban J connectivity index is 2.03. The van der Waals surface area contributed by atoms with Gasteiger partial charge in [0.1, 0.15) is 12.0 Å². The molecule has 0 amide bonds. The zero-order valence-corrected chi connectivity index (χ0v) is 14.5. The second-order valence-corrected chi connectivity index (χ2v) is 6.28. The molecule has 0 radical (unpaired) electrons. The van der Waals surface area contributed by atoms with Gasteiger partial charge in [0, 0.05) is 18.2 Å². The number of aromatic hydroxyl groups is 1. The maximum atomic E-state index is 11.3. The standard InChI is InChI=1S/C17H14N4O4S/c1-2-20-16(12-5-3-4-6-14(12)23)18-19-17(20)26-15-8-7-11(10-22)9-13(15)21(24)25/h3-10,23H,2H2,1H3. The fourth-order valence-electron chi connectivity index (χ4n) is 2.45. The van der Waals surface area contributed by atoms with E-state index in [0.29, 0.717) is 34.3 Å². The van der Waals surface area contributed by atoms with Gasteiger partial charge in [-0.05, 0) is 36.9 Å². The van der Waals surface area contributed by atoms with Crippen molar-refractivity contribution in [3.05, 3.63) is 58.1 Å². The van der Waals surface area contributed by atoms with Crippen molar-refractivity contribution in [1.29, 1.82) is 0 Å². The van der Waals surface area contributed by atoms with Gasteiger partial charge in [0.05, 0.1) is 15.4 Å². The summed E-state index contributed by atoms with van der Waals surface area (Å²) >= 11 is 1.08.